The molecule has 0 fully saturated rings. The van der Waals surface area contributed by atoms with Gasteiger partial charge in [0.15, 0.2) is 0 Å². The van der Waals surface area contributed by atoms with Gasteiger partial charge in [-0.1, -0.05) is 0 Å². The van der Waals surface area contributed by atoms with Crippen LogP contribution < -0.4 is 0 Å². The number of rotatable bonds is 0. The molecule has 0 aliphatic carbocycles. The first-order chi connectivity index (χ1) is 0. The summed E-state index contributed by atoms with van der Waals surface area (Å²) in [6.07, 6.45) is 0. The van der Waals surface area contributed by atoms with Gasteiger partial charge in [-0.15, -0.1) is 0 Å². The van der Waals surface area contributed by atoms with Crippen molar-refractivity contribution in [1.82, 2.24) is 0 Å². The van der Waals surface area contributed by atoms with Gasteiger partial charge in [-0.25, -0.2) is 0 Å². The predicted molar refractivity (Wildman–Crippen MR) is 1.37 cm³/mol. The summed E-state index contributed by atoms with van der Waals surface area (Å²) >= 11 is 0. The Balaban J connectivity index is 0. The Morgan fingerprint density at radius 2 is 0.750 bits per heavy atom. The van der Waals surface area contributed by atoms with Crippen molar-refractivity contribution in [2.75, 3.05) is 0 Å². The normalized spacial score (nSPS) is 0. The van der Waals surface area contributed by atoms with E-state index in [1.165, 1.54) is 0 Å². The van der Waals surface area contributed by atoms with Gasteiger partial charge in [0.25, 0.3) is 0 Å². The average Bonchev–Trinajstić information content (AvgIpc) is 0. The zero-order valence-corrected chi connectivity index (χ0v) is 6.08. The van der Waals surface area contributed by atoms with Crippen LogP contribution in [-0.4, -0.2) is 0 Å². The molecule has 0 saturated heterocycles. The molecule has 0 aliphatic rings. The van der Waals surface area contributed by atoms with Crippen LogP contribution >= 0.6 is 0 Å². The molecule has 0 unspecified atom stereocenters. The molecule has 1 radical (unpaired) electrons. The van der Waals surface area contributed by atoms with Gasteiger partial charge in [0.1, 0.15) is 0 Å². The van der Waals surface area contributed by atoms with E-state index in [-0.39, 0.29) is 62.2 Å². The molecule has 4 heavy (non-hydrogen) atoms. The topological polar surface area (TPSA) is 57.0 Å². The van der Waals surface area contributed by atoms with Crippen LogP contribution in [0.5, 0.6) is 0 Å². The second-order valence-electron chi connectivity index (χ2n) is 0. The fourth-order valence-electron chi connectivity index (χ4n) is 0. The van der Waals surface area contributed by atoms with E-state index in [0.717, 1.165) is 0 Å². The average molecular weight is 172 g/mol. The third kappa shape index (κ3) is 9.49. The van der Waals surface area contributed by atoms with E-state index in [2.05, 4.69) is 0 Å². The van der Waals surface area contributed by atoms with Gasteiger partial charge in [-0.05, 0) is 0 Å². The molecular formula is O2VY-. The van der Waals surface area contributed by atoms with Gasteiger partial charge in [0, 0.05) is 18.6 Å². The van der Waals surface area contributed by atoms with Crippen LogP contribution in [0.25, 0.3) is 0 Å². The van der Waals surface area contributed by atoms with E-state index in [0.29, 0.717) is 0 Å². The largest absolute Gasteiger partial charge is 3.00 e. The molecule has 0 saturated carbocycles. The zero-order chi connectivity index (χ0) is 0. The summed E-state index contributed by atoms with van der Waals surface area (Å²) in [4.78, 5) is 0. The molecule has 0 aromatic rings. The molecule has 4 heteroatoms. The molecule has 0 spiro atoms. The van der Waals surface area contributed by atoms with E-state index in [1.807, 2.05) is 0 Å². The second kappa shape index (κ2) is 23.2. The Hall–Kier alpha value is 1.61. The minimum absolute atomic E-state index is 0. The van der Waals surface area contributed by atoms with Gasteiger partial charge in [0.2, 0.25) is 0 Å². The third-order valence-corrected chi connectivity index (χ3v) is 0. The van der Waals surface area contributed by atoms with Crippen molar-refractivity contribution in [3.05, 3.63) is 0 Å². The Morgan fingerprint density at radius 1 is 0.750 bits per heavy atom. The molecule has 0 rings (SSSR count). The number of hydrogen-bond donors (Lipinski definition) is 0. The number of hydrogen-bond acceptors (Lipinski definition) is 0. The molecule has 2 nitrogen and oxygen atoms in total. The summed E-state index contributed by atoms with van der Waals surface area (Å²) in [7, 11) is 0. The standard InChI is InChI=1S/2O.V.Y/q2*-2;;+3. The van der Waals surface area contributed by atoms with Crippen molar-refractivity contribution < 1.29 is 62.2 Å². The van der Waals surface area contributed by atoms with Crippen molar-refractivity contribution in [1.29, 1.82) is 0 Å². The van der Waals surface area contributed by atoms with Crippen LogP contribution in [0.4, 0.5) is 0 Å². The fourth-order valence-corrected chi connectivity index (χ4v) is 0. The van der Waals surface area contributed by atoms with Crippen molar-refractivity contribution >= 4 is 0 Å². The van der Waals surface area contributed by atoms with Crippen LogP contribution in [0.15, 0.2) is 0 Å². The molecular weight excluding hydrogens is 172 g/mol. The van der Waals surface area contributed by atoms with Crippen LogP contribution in [0.3, 0.4) is 0 Å². The third-order valence-electron chi connectivity index (χ3n) is 0. The summed E-state index contributed by atoms with van der Waals surface area (Å²) in [5, 5.41) is 0. The van der Waals surface area contributed by atoms with Crippen LogP contribution in [0.2, 0.25) is 0 Å². The van der Waals surface area contributed by atoms with E-state index < -0.39 is 0 Å². The monoisotopic (exact) mass is 172 g/mol. The van der Waals surface area contributed by atoms with Gasteiger partial charge < -0.3 is 11.0 Å². The molecule has 0 aliphatic heterocycles. The Labute approximate surface area is 61.7 Å². The SMILES string of the molecule is [O-2].[O-2].[V].[Y+3]. The quantitative estimate of drug-likeness (QED) is 0.483. The second-order valence-corrected chi connectivity index (χ2v) is 0. The predicted octanol–water partition coefficient (Wildman–Crippen LogP) is -0.243. The molecule has 0 aromatic carbocycles. The molecule has 0 amide bonds. The molecule has 0 bridgehead atoms. The van der Waals surface area contributed by atoms with Crippen LogP contribution in [0, 0.1) is 0 Å². The molecule has 21 valence electrons. The summed E-state index contributed by atoms with van der Waals surface area (Å²) in [5.74, 6) is 0. The fraction of sp³-hybridized carbons (Fsp3) is 0. The minimum atomic E-state index is 0. The summed E-state index contributed by atoms with van der Waals surface area (Å²) in [6, 6.07) is 0. The van der Waals surface area contributed by atoms with Crippen molar-refractivity contribution in [3.8, 4) is 0 Å². The minimum Gasteiger partial charge on any atom is -2.00 e. The van der Waals surface area contributed by atoms with Gasteiger partial charge in [-0.2, -0.15) is 0 Å². The first-order valence-corrected chi connectivity index (χ1v) is 0. The van der Waals surface area contributed by atoms with Crippen LogP contribution in [-0.2, 0) is 62.2 Å². The van der Waals surface area contributed by atoms with Crippen molar-refractivity contribution in [2.24, 2.45) is 0 Å². The van der Waals surface area contributed by atoms with E-state index in [4.69, 9.17) is 0 Å². The zero-order valence-electron chi connectivity index (χ0n) is 1.84. The Kier molecular flexibility index (Phi) is 267. The Bertz CT molecular complexity index is 6.00. The van der Waals surface area contributed by atoms with Gasteiger partial charge >= 0.3 is 32.7 Å². The smallest absolute Gasteiger partial charge is 2.00 e. The molecule has 0 heterocycles. The van der Waals surface area contributed by atoms with Crippen LogP contribution in [0.1, 0.15) is 0 Å². The van der Waals surface area contributed by atoms with Crippen molar-refractivity contribution in [3.63, 3.8) is 0 Å². The maximum atomic E-state index is 0. The summed E-state index contributed by atoms with van der Waals surface area (Å²) < 4.78 is 0. The first-order valence-electron chi connectivity index (χ1n) is 0. The van der Waals surface area contributed by atoms with E-state index >= 15 is 0 Å². The summed E-state index contributed by atoms with van der Waals surface area (Å²) in [5.41, 5.74) is 0. The molecule has 0 aromatic heterocycles. The molecule has 0 N–H and O–H groups in total. The van der Waals surface area contributed by atoms with E-state index in [1.54, 1.807) is 0 Å². The summed E-state index contributed by atoms with van der Waals surface area (Å²) in [6.45, 7) is 0. The Morgan fingerprint density at radius 3 is 0.750 bits per heavy atom. The first kappa shape index (κ1) is 46.0. The maximum absolute atomic E-state index is 0. The van der Waals surface area contributed by atoms with Gasteiger partial charge in [0.05, 0.1) is 0 Å². The van der Waals surface area contributed by atoms with Crippen molar-refractivity contribution in [2.45, 2.75) is 0 Å². The molecule has 0 atom stereocenters. The van der Waals surface area contributed by atoms with Gasteiger partial charge in [-0.3, -0.25) is 0 Å². The van der Waals surface area contributed by atoms with E-state index in [9.17, 15) is 0 Å². The maximum Gasteiger partial charge on any atom is 3.00 e.